The van der Waals surface area contributed by atoms with Gasteiger partial charge in [-0.3, -0.25) is 9.69 Å². The number of amides is 1. The first-order valence-corrected chi connectivity index (χ1v) is 11.3. The van der Waals surface area contributed by atoms with E-state index in [9.17, 15) is 4.79 Å². The molecule has 1 heterocycles. The third-order valence-electron chi connectivity index (χ3n) is 5.31. The second-order valence-electron chi connectivity index (χ2n) is 7.42. The minimum absolute atomic E-state index is 0.0269. The molecule has 3 aromatic carbocycles. The average molecular weight is 434 g/mol. The van der Waals surface area contributed by atoms with Gasteiger partial charge in [0.15, 0.2) is 0 Å². The maximum Gasteiger partial charge on any atom is 0.238 e. The van der Waals surface area contributed by atoms with Crippen molar-refractivity contribution in [2.75, 3.05) is 50.1 Å². The molecule has 0 unspecified atom stereocenters. The number of rotatable bonds is 7. The molecule has 1 saturated heterocycles. The number of ether oxygens (including phenoxy) is 1. The number of hydrogen-bond acceptors (Lipinski definition) is 5. The summed E-state index contributed by atoms with van der Waals surface area (Å²) in [5.74, 6) is 0.892. The normalized spacial score (nSPS) is 14.3. The Bertz CT molecular complexity index is 987. The quantitative estimate of drug-likeness (QED) is 0.590. The second-order valence-corrected chi connectivity index (χ2v) is 8.54. The van der Waals surface area contributed by atoms with Crippen LogP contribution in [0.15, 0.2) is 88.7 Å². The summed E-state index contributed by atoms with van der Waals surface area (Å²) in [5, 5.41) is 3.10. The number of piperazine rings is 1. The molecule has 1 amide bonds. The van der Waals surface area contributed by atoms with E-state index in [-0.39, 0.29) is 5.91 Å². The van der Waals surface area contributed by atoms with Gasteiger partial charge >= 0.3 is 0 Å². The summed E-state index contributed by atoms with van der Waals surface area (Å²) >= 11 is 1.66. The van der Waals surface area contributed by atoms with Crippen LogP contribution >= 0.6 is 11.8 Å². The lowest BCUT2D eigenvalue weighted by Crippen LogP contribution is -2.48. The van der Waals surface area contributed by atoms with Gasteiger partial charge in [-0.15, -0.1) is 0 Å². The third-order valence-corrected chi connectivity index (χ3v) is 6.39. The van der Waals surface area contributed by atoms with E-state index < -0.39 is 0 Å². The molecule has 1 fully saturated rings. The van der Waals surface area contributed by atoms with Gasteiger partial charge in [-0.05, 0) is 48.5 Å². The summed E-state index contributed by atoms with van der Waals surface area (Å²) in [6, 6.07) is 26.3. The van der Waals surface area contributed by atoms with E-state index in [0.717, 1.165) is 47.4 Å². The van der Waals surface area contributed by atoms with Gasteiger partial charge < -0.3 is 15.0 Å². The van der Waals surface area contributed by atoms with Gasteiger partial charge in [-0.25, -0.2) is 0 Å². The Kier molecular flexibility index (Phi) is 7.12. The smallest absolute Gasteiger partial charge is 0.238 e. The van der Waals surface area contributed by atoms with Crippen LogP contribution in [0.4, 0.5) is 11.4 Å². The number of hydrogen-bond donors (Lipinski definition) is 1. The molecule has 160 valence electrons. The van der Waals surface area contributed by atoms with Crippen LogP contribution in [0.5, 0.6) is 5.75 Å². The number of carbonyl (C=O) groups is 1. The minimum Gasteiger partial charge on any atom is -0.497 e. The highest BCUT2D eigenvalue weighted by molar-refractivity contribution is 7.99. The van der Waals surface area contributed by atoms with Crippen LogP contribution in [0.2, 0.25) is 0 Å². The Balaban J connectivity index is 1.30. The van der Waals surface area contributed by atoms with Crippen LogP contribution in [-0.4, -0.2) is 50.6 Å². The van der Waals surface area contributed by atoms with Crippen molar-refractivity contribution in [3.8, 4) is 5.75 Å². The molecule has 1 N–H and O–H groups in total. The summed E-state index contributed by atoms with van der Waals surface area (Å²) in [4.78, 5) is 19.5. The Morgan fingerprint density at radius 2 is 1.58 bits per heavy atom. The molecule has 31 heavy (non-hydrogen) atoms. The van der Waals surface area contributed by atoms with E-state index in [1.54, 1.807) is 18.9 Å². The second kappa shape index (κ2) is 10.4. The number of carbonyl (C=O) groups excluding carboxylic acids is 1. The number of para-hydroxylation sites is 1. The highest BCUT2D eigenvalue weighted by Gasteiger charge is 2.20. The molecule has 4 rings (SSSR count). The first-order valence-electron chi connectivity index (χ1n) is 10.4. The predicted octanol–water partition coefficient (Wildman–Crippen LogP) is 4.61. The molecule has 1 aliphatic rings. The van der Waals surface area contributed by atoms with Crippen molar-refractivity contribution >= 4 is 29.0 Å². The molecule has 6 heteroatoms. The number of nitrogens with zero attached hydrogens (tertiary/aromatic N) is 2. The van der Waals surface area contributed by atoms with Crippen molar-refractivity contribution in [3.05, 3.63) is 78.9 Å². The lowest BCUT2D eigenvalue weighted by molar-refractivity contribution is -0.117. The molecule has 5 nitrogen and oxygen atoms in total. The first-order chi connectivity index (χ1) is 15.2. The van der Waals surface area contributed by atoms with Gasteiger partial charge in [0.05, 0.1) is 19.3 Å². The molecule has 1 aliphatic heterocycles. The van der Waals surface area contributed by atoms with Crippen molar-refractivity contribution in [2.45, 2.75) is 9.79 Å². The third kappa shape index (κ3) is 5.81. The fraction of sp³-hybridized carbons (Fsp3) is 0.240. The van der Waals surface area contributed by atoms with Crippen molar-refractivity contribution < 1.29 is 9.53 Å². The van der Waals surface area contributed by atoms with Gasteiger partial charge in [-0.1, -0.05) is 42.1 Å². The summed E-state index contributed by atoms with van der Waals surface area (Å²) < 4.78 is 5.24. The van der Waals surface area contributed by atoms with E-state index in [2.05, 4.69) is 39.4 Å². The van der Waals surface area contributed by atoms with E-state index in [4.69, 9.17) is 4.74 Å². The summed E-state index contributed by atoms with van der Waals surface area (Å²) in [6.45, 7) is 3.93. The molecular formula is C25H27N3O2S. The highest BCUT2D eigenvalue weighted by Crippen LogP contribution is 2.33. The zero-order chi connectivity index (χ0) is 21.5. The highest BCUT2D eigenvalue weighted by atomic mass is 32.2. The minimum atomic E-state index is 0.0269. The van der Waals surface area contributed by atoms with Gasteiger partial charge in [0.2, 0.25) is 5.91 Å². The van der Waals surface area contributed by atoms with E-state index in [0.29, 0.717) is 6.54 Å². The summed E-state index contributed by atoms with van der Waals surface area (Å²) in [6.07, 6.45) is 0. The lowest BCUT2D eigenvalue weighted by Gasteiger charge is -2.35. The predicted molar refractivity (Wildman–Crippen MR) is 127 cm³/mol. The Morgan fingerprint density at radius 1 is 0.903 bits per heavy atom. The molecule has 0 radical (unpaired) electrons. The fourth-order valence-electron chi connectivity index (χ4n) is 3.62. The van der Waals surface area contributed by atoms with Crippen LogP contribution in [0.3, 0.4) is 0 Å². The lowest BCUT2D eigenvalue weighted by atomic mass is 10.2. The number of benzene rings is 3. The fourth-order valence-corrected chi connectivity index (χ4v) is 4.55. The largest absolute Gasteiger partial charge is 0.497 e. The van der Waals surface area contributed by atoms with Gasteiger partial charge in [0.25, 0.3) is 0 Å². The number of anilines is 2. The Hall–Kier alpha value is -2.96. The van der Waals surface area contributed by atoms with Crippen LogP contribution in [0, 0.1) is 0 Å². The van der Waals surface area contributed by atoms with Gasteiger partial charge in [-0.2, -0.15) is 0 Å². The van der Waals surface area contributed by atoms with Crippen LogP contribution in [0.25, 0.3) is 0 Å². The first kappa shape index (κ1) is 21.3. The standard InChI is InChI=1S/C25H27N3O2S/c1-30-21-13-11-20(12-14-21)28-17-15-27(16-18-28)19-25(29)26-23-9-5-6-10-24(23)31-22-7-3-2-4-8-22/h2-14H,15-19H2,1H3,(H,26,29). The molecule has 0 spiro atoms. The van der Waals surface area contributed by atoms with Crippen molar-refractivity contribution in [1.29, 1.82) is 0 Å². The van der Waals surface area contributed by atoms with Crippen LogP contribution in [0.1, 0.15) is 0 Å². The molecule has 0 saturated carbocycles. The van der Waals surface area contributed by atoms with Gasteiger partial charge in [0.1, 0.15) is 5.75 Å². The zero-order valence-electron chi connectivity index (χ0n) is 17.7. The average Bonchev–Trinajstić information content (AvgIpc) is 2.82. The summed E-state index contributed by atoms with van der Waals surface area (Å²) in [7, 11) is 1.68. The molecule has 0 aliphatic carbocycles. The maximum atomic E-state index is 12.7. The van der Waals surface area contributed by atoms with E-state index in [1.165, 1.54) is 5.69 Å². The van der Waals surface area contributed by atoms with Gasteiger partial charge in [0, 0.05) is 41.7 Å². The van der Waals surface area contributed by atoms with Crippen LogP contribution in [-0.2, 0) is 4.79 Å². The Morgan fingerprint density at radius 3 is 2.29 bits per heavy atom. The van der Waals surface area contributed by atoms with Crippen LogP contribution < -0.4 is 15.0 Å². The number of nitrogens with one attached hydrogen (secondary N) is 1. The van der Waals surface area contributed by atoms with E-state index >= 15 is 0 Å². The molecule has 0 bridgehead atoms. The topological polar surface area (TPSA) is 44.8 Å². The van der Waals surface area contributed by atoms with Crippen molar-refractivity contribution in [2.24, 2.45) is 0 Å². The summed E-state index contributed by atoms with van der Waals surface area (Å²) in [5.41, 5.74) is 2.05. The van der Waals surface area contributed by atoms with Crippen molar-refractivity contribution in [3.63, 3.8) is 0 Å². The molecule has 0 atom stereocenters. The molecular weight excluding hydrogens is 406 g/mol. The maximum absolute atomic E-state index is 12.7. The van der Waals surface area contributed by atoms with Crippen molar-refractivity contribution in [1.82, 2.24) is 4.90 Å². The monoisotopic (exact) mass is 433 g/mol. The molecule has 3 aromatic rings. The zero-order valence-corrected chi connectivity index (χ0v) is 18.5. The number of methoxy groups -OCH3 is 1. The van der Waals surface area contributed by atoms with E-state index in [1.807, 2.05) is 54.6 Å². The SMILES string of the molecule is COc1ccc(N2CCN(CC(=O)Nc3ccccc3Sc3ccccc3)CC2)cc1. The molecule has 0 aromatic heterocycles. The Labute approximate surface area is 188 Å².